The monoisotopic (exact) mass is 349 g/mol. The first kappa shape index (κ1) is 16.2. The van der Waals surface area contributed by atoms with Gasteiger partial charge in [0.25, 0.3) is 5.91 Å². The summed E-state index contributed by atoms with van der Waals surface area (Å²) < 4.78 is 0. The number of carbonyl (C=O) groups excluding carboxylic acids is 2. The Balaban J connectivity index is 1.75. The van der Waals surface area contributed by atoms with Crippen molar-refractivity contribution in [2.45, 2.75) is 13.0 Å². The van der Waals surface area contributed by atoms with Gasteiger partial charge in [0.1, 0.15) is 5.75 Å². The van der Waals surface area contributed by atoms with E-state index in [-0.39, 0.29) is 17.7 Å². The average Bonchev–Trinajstić information content (AvgIpc) is 2.97. The summed E-state index contributed by atoms with van der Waals surface area (Å²) in [5.74, 6) is 0.00716. The van der Waals surface area contributed by atoms with E-state index in [1.54, 1.807) is 36.2 Å². The fourth-order valence-electron chi connectivity index (χ4n) is 3.42. The molecule has 0 saturated carbocycles. The second-order valence-electron chi connectivity index (χ2n) is 6.62. The zero-order valence-electron chi connectivity index (χ0n) is 14.6. The molecule has 3 amide bonds. The fourth-order valence-corrected chi connectivity index (χ4v) is 3.42. The predicted molar refractivity (Wildman–Crippen MR) is 97.7 cm³/mol. The summed E-state index contributed by atoms with van der Waals surface area (Å²) in [6.07, 6.45) is 0. The number of aryl methyl sites for hydroxylation is 1. The standard InChI is InChI=1S/C20H19N3O3/c1-12-3-5-13(6-4-12)18-17-16(22(2)20(26)21-18)11-23(19(17)25)14-7-9-15(24)10-8-14/h3-10,18,24H,11H2,1-2H3,(H,21,26). The molecular weight excluding hydrogens is 330 g/mol. The first-order valence-corrected chi connectivity index (χ1v) is 8.40. The van der Waals surface area contributed by atoms with Crippen LogP contribution >= 0.6 is 0 Å². The number of anilines is 1. The molecule has 1 atom stereocenters. The van der Waals surface area contributed by atoms with E-state index in [0.29, 0.717) is 23.5 Å². The SMILES string of the molecule is Cc1ccc(C2NC(=O)N(C)C3=C2C(=O)N(c2ccc(O)cc2)C3)cc1. The van der Waals surface area contributed by atoms with Crippen molar-refractivity contribution in [3.63, 3.8) is 0 Å². The third-order valence-electron chi connectivity index (χ3n) is 4.93. The van der Waals surface area contributed by atoms with Crippen molar-refractivity contribution in [3.05, 3.63) is 70.9 Å². The van der Waals surface area contributed by atoms with Crippen LogP contribution in [0.1, 0.15) is 17.2 Å². The number of benzene rings is 2. The van der Waals surface area contributed by atoms with Gasteiger partial charge in [-0.2, -0.15) is 0 Å². The average molecular weight is 349 g/mol. The summed E-state index contributed by atoms with van der Waals surface area (Å²) in [5.41, 5.74) is 3.98. The van der Waals surface area contributed by atoms with Crippen molar-refractivity contribution < 1.29 is 14.7 Å². The molecule has 2 aromatic carbocycles. The lowest BCUT2D eigenvalue weighted by Crippen LogP contribution is -2.45. The Kier molecular flexibility index (Phi) is 3.68. The topological polar surface area (TPSA) is 72.9 Å². The molecule has 6 nitrogen and oxygen atoms in total. The van der Waals surface area contributed by atoms with Gasteiger partial charge in [0.05, 0.1) is 23.9 Å². The van der Waals surface area contributed by atoms with Crippen LogP contribution in [-0.2, 0) is 4.79 Å². The Bertz CT molecular complexity index is 916. The summed E-state index contributed by atoms with van der Waals surface area (Å²) in [4.78, 5) is 28.7. The molecule has 0 bridgehead atoms. The number of amides is 3. The minimum atomic E-state index is -0.469. The molecule has 2 heterocycles. The zero-order valence-corrected chi connectivity index (χ0v) is 14.6. The highest BCUT2D eigenvalue weighted by atomic mass is 16.3. The number of hydrogen-bond acceptors (Lipinski definition) is 3. The molecule has 0 spiro atoms. The number of phenolic OH excluding ortho intramolecular Hbond substituents is 1. The molecule has 2 aromatic rings. The van der Waals surface area contributed by atoms with Gasteiger partial charge in [-0.1, -0.05) is 29.8 Å². The van der Waals surface area contributed by atoms with Crippen LogP contribution in [0, 0.1) is 6.92 Å². The third-order valence-corrected chi connectivity index (χ3v) is 4.93. The van der Waals surface area contributed by atoms with Gasteiger partial charge in [0.15, 0.2) is 0 Å². The summed E-state index contributed by atoms with van der Waals surface area (Å²) >= 11 is 0. The van der Waals surface area contributed by atoms with Gasteiger partial charge in [0.2, 0.25) is 0 Å². The highest BCUT2D eigenvalue weighted by Gasteiger charge is 2.43. The minimum absolute atomic E-state index is 0.136. The molecule has 2 aliphatic rings. The van der Waals surface area contributed by atoms with Crippen LogP contribution in [0.5, 0.6) is 5.75 Å². The van der Waals surface area contributed by atoms with Crippen LogP contribution in [0.15, 0.2) is 59.8 Å². The van der Waals surface area contributed by atoms with E-state index in [4.69, 9.17) is 0 Å². The van der Waals surface area contributed by atoms with E-state index in [1.165, 1.54) is 4.90 Å². The number of rotatable bonds is 2. The molecule has 0 aliphatic carbocycles. The van der Waals surface area contributed by atoms with Crippen LogP contribution in [-0.4, -0.2) is 35.5 Å². The molecule has 4 rings (SSSR count). The first-order valence-electron chi connectivity index (χ1n) is 8.40. The zero-order chi connectivity index (χ0) is 18.4. The maximum absolute atomic E-state index is 13.2. The summed E-state index contributed by atoms with van der Waals surface area (Å²) in [6, 6.07) is 13.6. The second kappa shape index (κ2) is 5.91. The minimum Gasteiger partial charge on any atom is -0.508 e. The number of aromatic hydroxyl groups is 1. The maximum Gasteiger partial charge on any atom is 0.322 e. The lowest BCUT2D eigenvalue weighted by Gasteiger charge is -2.31. The van der Waals surface area contributed by atoms with Gasteiger partial charge < -0.3 is 15.3 Å². The van der Waals surface area contributed by atoms with Crippen LogP contribution < -0.4 is 10.2 Å². The van der Waals surface area contributed by atoms with E-state index < -0.39 is 6.04 Å². The third kappa shape index (κ3) is 2.50. The van der Waals surface area contributed by atoms with Gasteiger partial charge >= 0.3 is 6.03 Å². The lowest BCUT2D eigenvalue weighted by molar-refractivity contribution is -0.114. The van der Waals surface area contributed by atoms with Crippen LogP contribution in [0.25, 0.3) is 0 Å². The van der Waals surface area contributed by atoms with E-state index in [0.717, 1.165) is 11.1 Å². The molecule has 0 radical (unpaired) electrons. The van der Waals surface area contributed by atoms with Crippen molar-refractivity contribution in [3.8, 4) is 5.75 Å². The maximum atomic E-state index is 13.2. The molecular formula is C20H19N3O3. The number of nitrogens with one attached hydrogen (secondary N) is 1. The summed E-state index contributed by atoms with van der Waals surface area (Å²) in [7, 11) is 1.67. The van der Waals surface area contributed by atoms with Crippen LogP contribution in [0.4, 0.5) is 10.5 Å². The molecule has 132 valence electrons. The van der Waals surface area contributed by atoms with Crippen molar-refractivity contribution in [1.29, 1.82) is 0 Å². The highest BCUT2D eigenvalue weighted by Crippen LogP contribution is 2.37. The number of carbonyl (C=O) groups is 2. The van der Waals surface area contributed by atoms with E-state index in [2.05, 4.69) is 5.32 Å². The number of phenols is 1. The Hall–Kier alpha value is -3.28. The van der Waals surface area contributed by atoms with E-state index in [9.17, 15) is 14.7 Å². The molecule has 6 heteroatoms. The Morgan fingerprint density at radius 2 is 1.69 bits per heavy atom. The molecule has 2 aliphatic heterocycles. The summed E-state index contributed by atoms with van der Waals surface area (Å²) in [5, 5.41) is 12.4. The predicted octanol–water partition coefficient (Wildman–Crippen LogP) is 2.70. The first-order chi connectivity index (χ1) is 12.5. The highest BCUT2D eigenvalue weighted by molar-refractivity contribution is 6.11. The smallest absolute Gasteiger partial charge is 0.322 e. The van der Waals surface area contributed by atoms with Crippen LogP contribution in [0.3, 0.4) is 0 Å². The molecule has 1 unspecified atom stereocenters. The normalized spacial score (nSPS) is 19.7. The Morgan fingerprint density at radius 3 is 2.35 bits per heavy atom. The summed E-state index contributed by atoms with van der Waals surface area (Å²) in [6.45, 7) is 2.32. The molecule has 0 aromatic heterocycles. The number of nitrogens with zero attached hydrogens (tertiary/aromatic N) is 2. The fraction of sp³-hybridized carbons (Fsp3) is 0.200. The van der Waals surface area contributed by atoms with Gasteiger partial charge in [-0.15, -0.1) is 0 Å². The van der Waals surface area contributed by atoms with Gasteiger partial charge in [-0.05, 0) is 36.8 Å². The van der Waals surface area contributed by atoms with Gasteiger partial charge in [-0.3, -0.25) is 9.69 Å². The molecule has 0 saturated heterocycles. The van der Waals surface area contributed by atoms with Crippen molar-refractivity contribution in [2.75, 3.05) is 18.5 Å². The molecule has 2 N–H and O–H groups in total. The van der Waals surface area contributed by atoms with Gasteiger partial charge in [-0.25, -0.2) is 4.79 Å². The number of urea groups is 1. The van der Waals surface area contributed by atoms with Crippen molar-refractivity contribution in [2.24, 2.45) is 0 Å². The number of hydrogen-bond donors (Lipinski definition) is 2. The van der Waals surface area contributed by atoms with Gasteiger partial charge in [0, 0.05) is 12.7 Å². The quantitative estimate of drug-likeness (QED) is 0.876. The van der Waals surface area contributed by atoms with Crippen LogP contribution in [0.2, 0.25) is 0 Å². The van der Waals surface area contributed by atoms with E-state index >= 15 is 0 Å². The Morgan fingerprint density at radius 1 is 1.04 bits per heavy atom. The lowest BCUT2D eigenvalue weighted by atomic mass is 9.95. The Labute approximate surface area is 151 Å². The molecule has 26 heavy (non-hydrogen) atoms. The van der Waals surface area contributed by atoms with E-state index in [1.807, 2.05) is 31.2 Å². The van der Waals surface area contributed by atoms with Crippen molar-refractivity contribution in [1.82, 2.24) is 10.2 Å². The van der Waals surface area contributed by atoms with Crippen molar-refractivity contribution >= 4 is 17.6 Å². The molecule has 0 fully saturated rings. The second-order valence-corrected chi connectivity index (χ2v) is 6.62. The largest absolute Gasteiger partial charge is 0.508 e. The number of likely N-dealkylation sites (N-methyl/N-ethyl adjacent to an activating group) is 1.